The van der Waals surface area contributed by atoms with Crippen LogP contribution in [0.5, 0.6) is 0 Å². The fourth-order valence-electron chi connectivity index (χ4n) is 2.59. The van der Waals surface area contributed by atoms with Crippen LogP contribution in [0.2, 0.25) is 10.0 Å². The van der Waals surface area contributed by atoms with Gasteiger partial charge in [0, 0.05) is 23.1 Å². The summed E-state index contributed by atoms with van der Waals surface area (Å²) >= 11 is 11.7. The Morgan fingerprint density at radius 2 is 1.57 bits per heavy atom. The molecule has 0 spiro atoms. The molecular weight excluding hydrogens is 454 g/mol. The summed E-state index contributed by atoms with van der Waals surface area (Å²) in [5.41, 5.74) is -0.121. The Morgan fingerprint density at radius 3 is 2.18 bits per heavy atom. The van der Waals surface area contributed by atoms with Crippen molar-refractivity contribution in [3.8, 4) is 0 Å². The van der Waals surface area contributed by atoms with Gasteiger partial charge in [-0.25, -0.2) is 21.2 Å². The quantitative estimate of drug-likeness (QED) is 0.727. The van der Waals surface area contributed by atoms with E-state index in [1.54, 1.807) is 0 Å². The van der Waals surface area contributed by atoms with E-state index in [4.69, 9.17) is 27.9 Å². The van der Waals surface area contributed by atoms with E-state index in [2.05, 4.69) is 4.72 Å². The van der Waals surface area contributed by atoms with Gasteiger partial charge in [-0.3, -0.25) is 4.72 Å². The van der Waals surface area contributed by atoms with Gasteiger partial charge in [0.05, 0.1) is 23.8 Å². The van der Waals surface area contributed by atoms with Crippen LogP contribution in [-0.4, -0.2) is 47.4 Å². The number of hydrogen-bond donors (Lipinski definition) is 1. The van der Waals surface area contributed by atoms with Gasteiger partial charge >= 0.3 is 0 Å². The van der Waals surface area contributed by atoms with Gasteiger partial charge in [0.2, 0.25) is 10.0 Å². The highest BCUT2D eigenvalue weighted by Gasteiger charge is 2.29. The summed E-state index contributed by atoms with van der Waals surface area (Å²) in [7, 11) is -8.28. The summed E-state index contributed by atoms with van der Waals surface area (Å²) in [6, 6.07) is 6.68. The predicted octanol–water partition coefficient (Wildman–Crippen LogP) is 2.95. The Bertz CT molecular complexity index is 1080. The van der Waals surface area contributed by atoms with Crippen LogP contribution < -0.4 is 4.72 Å². The smallest absolute Gasteiger partial charge is 0.261 e. The second kappa shape index (κ2) is 8.13. The number of nitrogens with one attached hydrogen (secondary N) is 1. The molecule has 152 valence electrons. The summed E-state index contributed by atoms with van der Waals surface area (Å²) in [6.45, 7) is 0.558. The minimum absolute atomic E-state index is 0.0821. The van der Waals surface area contributed by atoms with E-state index in [0.29, 0.717) is 0 Å². The zero-order chi connectivity index (χ0) is 20.5. The number of halogens is 3. The van der Waals surface area contributed by atoms with E-state index in [-0.39, 0.29) is 46.9 Å². The first-order valence-electron chi connectivity index (χ1n) is 7.96. The van der Waals surface area contributed by atoms with Crippen LogP contribution in [0.25, 0.3) is 0 Å². The average Bonchev–Trinajstić information content (AvgIpc) is 2.63. The molecule has 0 bridgehead atoms. The molecule has 7 nitrogen and oxygen atoms in total. The normalized spacial score (nSPS) is 16.1. The molecule has 1 fully saturated rings. The van der Waals surface area contributed by atoms with E-state index in [9.17, 15) is 21.2 Å². The third-order valence-corrected chi connectivity index (χ3v) is 7.63. The molecule has 1 heterocycles. The van der Waals surface area contributed by atoms with Gasteiger partial charge in [-0.05, 0) is 36.4 Å². The van der Waals surface area contributed by atoms with Crippen LogP contribution in [0, 0.1) is 5.82 Å². The van der Waals surface area contributed by atoms with E-state index in [1.807, 2.05) is 0 Å². The fourth-order valence-corrected chi connectivity index (χ4v) is 5.86. The van der Waals surface area contributed by atoms with E-state index in [1.165, 1.54) is 18.2 Å². The maximum atomic E-state index is 14.2. The van der Waals surface area contributed by atoms with Gasteiger partial charge in [0.1, 0.15) is 10.7 Å². The largest absolute Gasteiger partial charge is 0.379 e. The lowest BCUT2D eigenvalue weighted by molar-refractivity contribution is 0.0729. The summed E-state index contributed by atoms with van der Waals surface area (Å²) < 4.78 is 73.2. The number of benzene rings is 2. The van der Waals surface area contributed by atoms with Crippen molar-refractivity contribution in [2.24, 2.45) is 0 Å². The predicted molar refractivity (Wildman–Crippen MR) is 103 cm³/mol. The number of anilines is 1. The van der Waals surface area contributed by atoms with Gasteiger partial charge in [0.25, 0.3) is 10.0 Å². The summed E-state index contributed by atoms with van der Waals surface area (Å²) in [4.78, 5) is -0.842. The van der Waals surface area contributed by atoms with Gasteiger partial charge in [-0.1, -0.05) is 23.2 Å². The average molecular weight is 469 g/mol. The molecule has 1 N–H and O–H groups in total. The molecule has 0 radical (unpaired) electrons. The monoisotopic (exact) mass is 468 g/mol. The third-order valence-electron chi connectivity index (χ3n) is 3.92. The molecule has 2 aromatic rings. The van der Waals surface area contributed by atoms with Crippen LogP contribution in [0.4, 0.5) is 10.1 Å². The molecule has 1 saturated heterocycles. The van der Waals surface area contributed by atoms with Crippen LogP contribution in [0.1, 0.15) is 0 Å². The minimum Gasteiger partial charge on any atom is -0.379 e. The molecule has 28 heavy (non-hydrogen) atoms. The number of hydrogen-bond acceptors (Lipinski definition) is 5. The summed E-state index contributed by atoms with van der Waals surface area (Å²) in [6.07, 6.45) is 0. The highest BCUT2D eigenvalue weighted by Crippen LogP contribution is 2.27. The van der Waals surface area contributed by atoms with E-state index >= 15 is 0 Å². The van der Waals surface area contributed by atoms with Crippen LogP contribution >= 0.6 is 23.2 Å². The maximum absolute atomic E-state index is 14.2. The molecular formula is C16H15Cl2FN2O5S2. The third kappa shape index (κ3) is 4.58. The maximum Gasteiger partial charge on any atom is 0.261 e. The molecule has 2 aromatic carbocycles. The second-order valence-corrected chi connectivity index (χ2v) is 10.3. The van der Waals surface area contributed by atoms with E-state index in [0.717, 1.165) is 22.5 Å². The number of sulfonamides is 2. The van der Waals surface area contributed by atoms with Gasteiger partial charge in [0.15, 0.2) is 0 Å². The topological polar surface area (TPSA) is 92.8 Å². The lowest BCUT2D eigenvalue weighted by Gasteiger charge is -2.26. The van der Waals surface area contributed by atoms with Crippen molar-refractivity contribution >= 4 is 48.9 Å². The zero-order valence-corrected chi connectivity index (χ0v) is 17.4. The Hall–Kier alpha value is -1.43. The van der Waals surface area contributed by atoms with Crippen LogP contribution in [0.3, 0.4) is 0 Å². The molecule has 0 atom stereocenters. The lowest BCUT2D eigenvalue weighted by Crippen LogP contribution is -2.40. The van der Waals surface area contributed by atoms with Crippen molar-refractivity contribution < 1.29 is 26.0 Å². The Balaban J connectivity index is 1.95. The number of morpholine rings is 1. The van der Waals surface area contributed by atoms with Crippen LogP contribution in [-0.2, 0) is 24.8 Å². The highest BCUT2D eigenvalue weighted by molar-refractivity contribution is 7.92. The first kappa shape index (κ1) is 21.3. The molecule has 1 aliphatic rings. The standard InChI is InChI=1S/C16H15Cl2FN2O5S2/c17-11-7-12(18)9-14(8-11)27(22,23)20-13-1-2-15(19)16(10-13)28(24,25)21-3-5-26-6-4-21/h1-2,7-10,20H,3-6H2. The molecule has 12 heteroatoms. The van der Waals surface area contributed by atoms with Crippen molar-refractivity contribution in [1.82, 2.24) is 4.31 Å². The minimum atomic E-state index is -4.15. The second-order valence-electron chi connectivity index (χ2n) is 5.87. The Kier molecular flexibility index (Phi) is 6.18. The summed E-state index contributed by atoms with van der Waals surface area (Å²) in [5, 5.41) is 0.227. The zero-order valence-electron chi connectivity index (χ0n) is 14.2. The van der Waals surface area contributed by atoms with Crippen molar-refractivity contribution in [2.75, 3.05) is 31.0 Å². The first-order chi connectivity index (χ1) is 13.1. The first-order valence-corrected chi connectivity index (χ1v) is 11.6. The van der Waals surface area contributed by atoms with Crippen molar-refractivity contribution in [3.63, 3.8) is 0 Å². The molecule has 0 saturated carbocycles. The lowest BCUT2D eigenvalue weighted by atomic mass is 10.3. The molecule has 3 rings (SSSR count). The van der Waals surface area contributed by atoms with Crippen LogP contribution in [0.15, 0.2) is 46.2 Å². The SMILES string of the molecule is O=S(=O)(Nc1ccc(F)c(S(=O)(=O)N2CCOCC2)c1)c1cc(Cl)cc(Cl)c1. The van der Waals surface area contributed by atoms with Gasteiger partial charge in [-0.15, -0.1) is 0 Å². The molecule has 0 amide bonds. The number of rotatable bonds is 5. The van der Waals surface area contributed by atoms with Gasteiger partial charge < -0.3 is 4.74 Å². The Morgan fingerprint density at radius 1 is 0.964 bits per heavy atom. The Labute approximate surface area is 172 Å². The van der Waals surface area contributed by atoms with E-state index < -0.39 is 30.8 Å². The fraction of sp³-hybridized carbons (Fsp3) is 0.250. The highest BCUT2D eigenvalue weighted by atomic mass is 35.5. The molecule has 0 aliphatic carbocycles. The molecule has 0 unspecified atom stereocenters. The number of nitrogens with zero attached hydrogens (tertiary/aromatic N) is 1. The molecule has 0 aromatic heterocycles. The van der Waals surface area contributed by atoms with Gasteiger partial charge in [-0.2, -0.15) is 4.31 Å². The summed E-state index contributed by atoms with van der Waals surface area (Å²) in [5.74, 6) is -0.986. The number of ether oxygens (including phenoxy) is 1. The molecule has 1 aliphatic heterocycles. The van der Waals surface area contributed by atoms with Crippen molar-refractivity contribution in [2.45, 2.75) is 9.79 Å². The van der Waals surface area contributed by atoms with Crippen molar-refractivity contribution in [3.05, 3.63) is 52.3 Å². The van der Waals surface area contributed by atoms with Crippen molar-refractivity contribution in [1.29, 1.82) is 0 Å².